The fourth-order valence-electron chi connectivity index (χ4n) is 2.94. The number of likely N-dealkylation sites (tertiary alicyclic amines) is 1. The number of nitrogens with one attached hydrogen (secondary N) is 1. The highest BCUT2D eigenvalue weighted by molar-refractivity contribution is 5.19. The molecule has 0 radical (unpaired) electrons. The lowest BCUT2D eigenvalue weighted by Gasteiger charge is -2.41. The Morgan fingerprint density at radius 2 is 1.89 bits per heavy atom. The Balaban J connectivity index is 1.98. The third-order valence-electron chi connectivity index (χ3n) is 4.44. The van der Waals surface area contributed by atoms with Crippen molar-refractivity contribution in [1.82, 2.24) is 10.2 Å². The summed E-state index contributed by atoms with van der Waals surface area (Å²) >= 11 is 0. The number of nitrogens with zero attached hydrogens (tertiary/aromatic N) is 1. The van der Waals surface area contributed by atoms with Crippen LogP contribution in [0.3, 0.4) is 0 Å². The minimum Gasteiger partial charge on any atom is -0.307 e. The Kier molecular flexibility index (Phi) is 4.58. The first-order valence-corrected chi connectivity index (χ1v) is 7.19. The van der Waals surface area contributed by atoms with Crippen LogP contribution in [0.1, 0.15) is 38.8 Å². The summed E-state index contributed by atoms with van der Waals surface area (Å²) in [7, 11) is 2.20. The number of piperidine rings is 1. The minimum absolute atomic E-state index is 0.169. The van der Waals surface area contributed by atoms with E-state index in [-0.39, 0.29) is 11.9 Å². The zero-order chi connectivity index (χ0) is 14.0. The third-order valence-corrected chi connectivity index (χ3v) is 4.44. The van der Waals surface area contributed by atoms with Crippen molar-refractivity contribution in [3.63, 3.8) is 0 Å². The van der Waals surface area contributed by atoms with Gasteiger partial charge in [-0.3, -0.25) is 0 Å². The van der Waals surface area contributed by atoms with E-state index in [9.17, 15) is 4.39 Å². The summed E-state index contributed by atoms with van der Waals surface area (Å²) < 4.78 is 12.9. The van der Waals surface area contributed by atoms with Crippen LogP contribution < -0.4 is 5.32 Å². The second kappa shape index (κ2) is 6.02. The molecule has 3 unspecified atom stereocenters. The van der Waals surface area contributed by atoms with Crippen LogP contribution in [0.25, 0.3) is 0 Å². The molecular formula is C16H25FN2. The van der Waals surface area contributed by atoms with Gasteiger partial charge in [0.15, 0.2) is 0 Å². The lowest BCUT2D eigenvalue weighted by molar-refractivity contribution is 0.116. The van der Waals surface area contributed by atoms with E-state index in [0.29, 0.717) is 18.0 Å². The molecule has 1 aliphatic heterocycles. The predicted octanol–water partition coefficient (Wildman–Crippen LogP) is 3.21. The molecule has 3 heteroatoms. The van der Waals surface area contributed by atoms with Gasteiger partial charge in [0.25, 0.3) is 0 Å². The zero-order valence-electron chi connectivity index (χ0n) is 12.4. The number of hydrogen-bond acceptors (Lipinski definition) is 2. The highest BCUT2D eigenvalue weighted by Crippen LogP contribution is 2.24. The predicted molar refractivity (Wildman–Crippen MR) is 77.6 cm³/mol. The van der Waals surface area contributed by atoms with Crippen LogP contribution in [0, 0.1) is 11.7 Å². The van der Waals surface area contributed by atoms with Gasteiger partial charge >= 0.3 is 0 Å². The molecule has 1 fully saturated rings. The highest BCUT2D eigenvalue weighted by Gasteiger charge is 2.29. The summed E-state index contributed by atoms with van der Waals surface area (Å²) in [6, 6.07) is 8.23. The van der Waals surface area contributed by atoms with Gasteiger partial charge in [-0.25, -0.2) is 4.39 Å². The minimum atomic E-state index is -0.169. The van der Waals surface area contributed by atoms with Crippen molar-refractivity contribution in [2.24, 2.45) is 5.92 Å². The van der Waals surface area contributed by atoms with E-state index in [1.807, 2.05) is 12.1 Å². The SMILES string of the molecule is CC1CN(C)C(C)CC1N[C@@H](C)c1ccc(F)cc1. The van der Waals surface area contributed by atoms with Gasteiger partial charge in [0.1, 0.15) is 5.82 Å². The summed E-state index contributed by atoms with van der Waals surface area (Å²) in [5, 5.41) is 3.71. The van der Waals surface area contributed by atoms with E-state index in [1.54, 1.807) is 0 Å². The molecule has 0 amide bonds. The van der Waals surface area contributed by atoms with Crippen LogP contribution in [0.4, 0.5) is 4.39 Å². The standard InChI is InChI=1S/C16H25FN2/c1-11-10-19(4)12(2)9-16(11)18-13(3)14-5-7-15(17)8-6-14/h5-8,11-13,16,18H,9-10H2,1-4H3/t11?,12?,13-,16?/m0/s1. The largest absolute Gasteiger partial charge is 0.307 e. The van der Waals surface area contributed by atoms with Crippen molar-refractivity contribution < 1.29 is 4.39 Å². The van der Waals surface area contributed by atoms with Gasteiger partial charge in [0.05, 0.1) is 0 Å². The van der Waals surface area contributed by atoms with Crippen molar-refractivity contribution in [3.05, 3.63) is 35.6 Å². The molecule has 0 saturated carbocycles. The van der Waals surface area contributed by atoms with Crippen molar-refractivity contribution in [2.45, 2.75) is 45.3 Å². The molecule has 19 heavy (non-hydrogen) atoms. The zero-order valence-corrected chi connectivity index (χ0v) is 12.4. The topological polar surface area (TPSA) is 15.3 Å². The first-order valence-electron chi connectivity index (χ1n) is 7.19. The lowest BCUT2D eigenvalue weighted by Crippen LogP contribution is -2.51. The Bertz CT molecular complexity index is 404. The average molecular weight is 264 g/mol. The number of hydrogen-bond donors (Lipinski definition) is 1. The first-order chi connectivity index (χ1) is 8.97. The van der Waals surface area contributed by atoms with Gasteiger partial charge in [-0.15, -0.1) is 0 Å². The third kappa shape index (κ3) is 3.54. The Labute approximate surface area is 116 Å². The first kappa shape index (κ1) is 14.5. The quantitative estimate of drug-likeness (QED) is 0.902. The summed E-state index contributed by atoms with van der Waals surface area (Å²) in [5.74, 6) is 0.473. The van der Waals surface area contributed by atoms with E-state index in [4.69, 9.17) is 0 Å². The van der Waals surface area contributed by atoms with E-state index in [1.165, 1.54) is 18.6 Å². The van der Waals surface area contributed by atoms with Crippen LogP contribution in [-0.2, 0) is 0 Å². The van der Waals surface area contributed by atoms with Crippen molar-refractivity contribution in [3.8, 4) is 0 Å². The molecule has 4 atom stereocenters. The normalized spacial score (nSPS) is 30.3. The van der Waals surface area contributed by atoms with E-state index < -0.39 is 0 Å². The van der Waals surface area contributed by atoms with E-state index in [2.05, 4.69) is 38.0 Å². The van der Waals surface area contributed by atoms with Gasteiger partial charge in [-0.2, -0.15) is 0 Å². The van der Waals surface area contributed by atoms with Gasteiger partial charge in [-0.1, -0.05) is 19.1 Å². The molecule has 0 bridgehead atoms. The van der Waals surface area contributed by atoms with Gasteiger partial charge in [-0.05, 0) is 50.9 Å². The molecule has 2 nitrogen and oxygen atoms in total. The smallest absolute Gasteiger partial charge is 0.123 e. The summed E-state index contributed by atoms with van der Waals surface area (Å²) in [5.41, 5.74) is 1.15. The summed E-state index contributed by atoms with van der Waals surface area (Å²) in [6.45, 7) is 7.87. The molecule has 2 rings (SSSR count). The van der Waals surface area contributed by atoms with Crippen LogP contribution in [0.15, 0.2) is 24.3 Å². The summed E-state index contributed by atoms with van der Waals surface area (Å²) in [6.07, 6.45) is 1.17. The van der Waals surface area contributed by atoms with E-state index >= 15 is 0 Å². The summed E-state index contributed by atoms with van der Waals surface area (Å²) in [4.78, 5) is 2.42. The van der Waals surface area contributed by atoms with Gasteiger partial charge < -0.3 is 10.2 Å². The number of benzene rings is 1. The maximum Gasteiger partial charge on any atom is 0.123 e. The van der Waals surface area contributed by atoms with Crippen LogP contribution in [0.5, 0.6) is 0 Å². The monoisotopic (exact) mass is 264 g/mol. The molecule has 1 aliphatic rings. The van der Waals surface area contributed by atoms with Crippen LogP contribution in [-0.4, -0.2) is 30.6 Å². The second-order valence-corrected chi connectivity index (χ2v) is 6.05. The van der Waals surface area contributed by atoms with Crippen molar-refractivity contribution >= 4 is 0 Å². The lowest BCUT2D eigenvalue weighted by atomic mass is 9.89. The maximum absolute atomic E-state index is 12.9. The maximum atomic E-state index is 12.9. The highest BCUT2D eigenvalue weighted by atomic mass is 19.1. The fourth-order valence-corrected chi connectivity index (χ4v) is 2.94. The molecular weight excluding hydrogens is 239 g/mol. The molecule has 0 spiro atoms. The Hall–Kier alpha value is -0.930. The molecule has 0 aliphatic carbocycles. The molecule has 1 heterocycles. The second-order valence-electron chi connectivity index (χ2n) is 6.05. The van der Waals surface area contributed by atoms with E-state index in [0.717, 1.165) is 12.1 Å². The van der Waals surface area contributed by atoms with Gasteiger partial charge in [0.2, 0.25) is 0 Å². The average Bonchev–Trinajstić information content (AvgIpc) is 2.36. The molecule has 1 aromatic carbocycles. The molecule has 1 aromatic rings. The number of halogens is 1. The van der Waals surface area contributed by atoms with Crippen LogP contribution >= 0.6 is 0 Å². The molecule has 1 saturated heterocycles. The Morgan fingerprint density at radius 1 is 1.26 bits per heavy atom. The number of rotatable bonds is 3. The van der Waals surface area contributed by atoms with Crippen molar-refractivity contribution in [2.75, 3.05) is 13.6 Å². The fraction of sp³-hybridized carbons (Fsp3) is 0.625. The Morgan fingerprint density at radius 3 is 2.53 bits per heavy atom. The molecule has 0 aromatic heterocycles. The molecule has 106 valence electrons. The molecule has 1 N–H and O–H groups in total. The van der Waals surface area contributed by atoms with Crippen LogP contribution in [0.2, 0.25) is 0 Å². The van der Waals surface area contributed by atoms with Crippen molar-refractivity contribution in [1.29, 1.82) is 0 Å². The van der Waals surface area contributed by atoms with Gasteiger partial charge in [0, 0.05) is 24.7 Å².